The molecule has 0 heterocycles. The van der Waals surface area contributed by atoms with Gasteiger partial charge in [0, 0.05) is 27.9 Å². The molecule has 0 atom stereocenters. The number of hydrogen-bond donors (Lipinski definition) is 0. The molecule has 5 heteroatoms. The zero-order valence-corrected chi connectivity index (χ0v) is 10.7. The van der Waals surface area contributed by atoms with Gasteiger partial charge in [0.2, 0.25) is 0 Å². The molecule has 0 amide bonds. The van der Waals surface area contributed by atoms with Crippen molar-refractivity contribution in [3.8, 4) is 0 Å². The van der Waals surface area contributed by atoms with Crippen molar-refractivity contribution >= 4 is 50.2 Å². The van der Waals surface area contributed by atoms with Crippen molar-refractivity contribution in [1.82, 2.24) is 0 Å². The van der Waals surface area contributed by atoms with Crippen LogP contribution in [0.25, 0.3) is 0 Å². The quantitative estimate of drug-likeness (QED) is 0.483. The van der Waals surface area contributed by atoms with Crippen molar-refractivity contribution in [1.29, 1.82) is 0 Å². The second-order valence-corrected chi connectivity index (χ2v) is 4.46. The van der Waals surface area contributed by atoms with E-state index in [2.05, 4.69) is 15.9 Å². The number of rotatable bonds is 4. The predicted molar refractivity (Wildman–Crippen MR) is 64.0 cm³/mol. The first kappa shape index (κ1) is 12.7. The molecule has 80 valence electrons. The molecule has 0 spiro atoms. The topological polar surface area (TPSA) is 34.1 Å². The van der Waals surface area contributed by atoms with Gasteiger partial charge in [0.25, 0.3) is 5.24 Å². The lowest BCUT2D eigenvalue weighted by Crippen LogP contribution is -2.06. The maximum absolute atomic E-state index is 11.6. The summed E-state index contributed by atoms with van der Waals surface area (Å²) in [6.07, 6.45) is 0.190. The summed E-state index contributed by atoms with van der Waals surface area (Å²) in [5.41, 5.74) is 0.528. The molecule has 0 saturated heterocycles. The van der Waals surface area contributed by atoms with Gasteiger partial charge in [-0.2, -0.15) is 0 Å². The average molecular weight is 310 g/mol. The zero-order valence-electron chi connectivity index (χ0n) is 7.60. The molecule has 0 saturated carbocycles. The second-order valence-electron chi connectivity index (χ2n) is 2.83. The third-order valence-electron chi connectivity index (χ3n) is 1.82. The third-order valence-corrected chi connectivity index (χ3v) is 2.70. The van der Waals surface area contributed by atoms with Crippen LogP contribution in [0.3, 0.4) is 0 Å². The van der Waals surface area contributed by atoms with Crippen LogP contribution < -0.4 is 0 Å². The van der Waals surface area contributed by atoms with E-state index in [1.807, 2.05) is 0 Å². The molecular formula is C10H7BrCl2O2. The zero-order chi connectivity index (χ0) is 11.4. The molecular weight excluding hydrogens is 303 g/mol. The van der Waals surface area contributed by atoms with Crippen LogP contribution >= 0.6 is 39.1 Å². The van der Waals surface area contributed by atoms with E-state index >= 15 is 0 Å². The van der Waals surface area contributed by atoms with Crippen molar-refractivity contribution in [2.45, 2.75) is 6.42 Å². The number of ketones is 1. The van der Waals surface area contributed by atoms with Crippen LogP contribution in [0.15, 0.2) is 22.7 Å². The molecule has 0 fully saturated rings. The Kier molecular flexibility index (Phi) is 4.77. The molecule has 0 aliphatic heterocycles. The van der Waals surface area contributed by atoms with Gasteiger partial charge in [0.1, 0.15) is 0 Å². The van der Waals surface area contributed by atoms with E-state index in [0.717, 1.165) is 4.47 Å². The SMILES string of the molecule is O=C(Cl)c1ccc(Br)cc1C(=O)CCCl. The van der Waals surface area contributed by atoms with Crippen LogP contribution in [-0.2, 0) is 0 Å². The molecule has 2 nitrogen and oxygen atoms in total. The van der Waals surface area contributed by atoms with Gasteiger partial charge in [-0.25, -0.2) is 0 Å². The molecule has 0 aliphatic carbocycles. The fraction of sp³-hybridized carbons (Fsp3) is 0.200. The van der Waals surface area contributed by atoms with Crippen molar-refractivity contribution in [3.05, 3.63) is 33.8 Å². The Morgan fingerprint density at radius 1 is 1.27 bits per heavy atom. The number of Topliss-reactive ketones (excluding diaryl/α,β-unsaturated/α-hetero) is 1. The molecule has 15 heavy (non-hydrogen) atoms. The number of carbonyl (C=O) groups is 2. The van der Waals surface area contributed by atoms with E-state index in [-0.39, 0.29) is 23.6 Å². The first-order chi connectivity index (χ1) is 7.06. The predicted octanol–water partition coefficient (Wildman–Crippen LogP) is 3.64. The van der Waals surface area contributed by atoms with Gasteiger partial charge in [0.05, 0.1) is 0 Å². The summed E-state index contributed by atoms with van der Waals surface area (Å²) >= 11 is 14.1. The summed E-state index contributed by atoms with van der Waals surface area (Å²) in [5.74, 6) is 0.0386. The average Bonchev–Trinajstić information content (AvgIpc) is 2.17. The monoisotopic (exact) mass is 308 g/mol. The van der Waals surface area contributed by atoms with Crippen LogP contribution in [0.5, 0.6) is 0 Å². The van der Waals surface area contributed by atoms with Crippen molar-refractivity contribution in [2.75, 3.05) is 5.88 Å². The molecule has 1 rings (SSSR count). The van der Waals surface area contributed by atoms with E-state index in [1.165, 1.54) is 6.07 Å². The molecule has 0 aromatic heterocycles. The fourth-order valence-corrected chi connectivity index (χ4v) is 1.84. The van der Waals surface area contributed by atoms with E-state index in [0.29, 0.717) is 5.56 Å². The van der Waals surface area contributed by atoms with Crippen molar-refractivity contribution < 1.29 is 9.59 Å². The highest BCUT2D eigenvalue weighted by Crippen LogP contribution is 2.20. The highest BCUT2D eigenvalue weighted by atomic mass is 79.9. The highest BCUT2D eigenvalue weighted by Gasteiger charge is 2.15. The molecule has 0 radical (unpaired) electrons. The van der Waals surface area contributed by atoms with E-state index in [9.17, 15) is 9.59 Å². The van der Waals surface area contributed by atoms with Crippen molar-refractivity contribution in [3.63, 3.8) is 0 Å². The maximum atomic E-state index is 11.6. The lowest BCUT2D eigenvalue weighted by atomic mass is 10.0. The summed E-state index contributed by atoms with van der Waals surface area (Å²) in [6.45, 7) is 0. The number of alkyl halides is 1. The Morgan fingerprint density at radius 3 is 2.47 bits per heavy atom. The minimum Gasteiger partial charge on any atom is -0.294 e. The Labute approximate surface area is 106 Å². The van der Waals surface area contributed by atoms with Gasteiger partial charge < -0.3 is 0 Å². The number of benzene rings is 1. The van der Waals surface area contributed by atoms with Crippen LogP contribution in [0.4, 0.5) is 0 Å². The Hall–Kier alpha value is -0.380. The van der Waals surface area contributed by atoms with E-state index in [4.69, 9.17) is 23.2 Å². The first-order valence-corrected chi connectivity index (χ1v) is 5.85. The number of hydrogen-bond acceptors (Lipinski definition) is 2. The second kappa shape index (κ2) is 5.64. The van der Waals surface area contributed by atoms with Crippen LogP contribution in [-0.4, -0.2) is 16.9 Å². The van der Waals surface area contributed by atoms with Gasteiger partial charge in [-0.3, -0.25) is 9.59 Å². The van der Waals surface area contributed by atoms with Gasteiger partial charge in [-0.05, 0) is 29.8 Å². The van der Waals surface area contributed by atoms with E-state index < -0.39 is 5.24 Å². The van der Waals surface area contributed by atoms with Gasteiger partial charge >= 0.3 is 0 Å². The van der Waals surface area contributed by atoms with Crippen LogP contribution in [0.2, 0.25) is 0 Å². The van der Waals surface area contributed by atoms with Crippen molar-refractivity contribution in [2.24, 2.45) is 0 Å². The minimum absolute atomic E-state index is 0.185. The lowest BCUT2D eigenvalue weighted by Gasteiger charge is -2.04. The van der Waals surface area contributed by atoms with E-state index in [1.54, 1.807) is 12.1 Å². The Bertz CT molecular complexity index is 404. The Balaban J connectivity index is 3.18. The van der Waals surface area contributed by atoms with Gasteiger partial charge in [-0.1, -0.05) is 15.9 Å². The Morgan fingerprint density at radius 2 is 1.93 bits per heavy atom. The first-order valence-electron chi connectivity index (χ1n) is 4.15. The number of halogens is 3. The summed E-state index contributed by atoms with van der Waals surface area (Å²) in [7, 11) is 0. The molecule has 0 unspecified atom stereocenters. The smallest absolute Gasteiger partial charge is 0.253 e. The fourth-order valence-electron chi connectivity index (χ4n) is 1.14. The maximum Gasteiger partial charge on any atom is 0.253 e. The van der Waals surface area contributed by atoms with Gasteiger partial charge in [-0.15, -0.1) is 11.6 Å². The summed E-state index contributed by atoms with van der Waals surface area (Å²) in [5, 5.41) is -0.638. The summed E-state index contributed by atoms with van der Waals surface area (Å²) in [6, 6.07) is 4.75. The summed E-state index contributed by atoms with van der Waals surface area (Å²) < 4.78 is 0.724. The molecule has 0 N–H and O–H groups in total. The van der Waals surface area contributed by atoms with Crippen LogP contribution in [0.1, 0.15) is 27.1 Å². The lowest BCUT2D eigenvalue weighted by molar-refractivity contribution is 0.0979. The van der Waals surface area contributed by atoms with Gasteiger partial charge in [0.15, 0.2) is 5.78 Å². The minimum atomic E-state index is -0.638. The number of carbonyl (C=O) groups excluding carboxylic acids is 2. The molecule has 0 bridgehead atoms. The largest absolute Gasteiger partial charge is 0.294 e. The molecule has 0 aliphatic rings. The summed E-state index contributed by atoms with van der Waals surface area (Å²) in [4.78, 5) is 22.7. The standard InChI is InChI=1S/C10H7BrCl2O2/c11-6-1-2-7(10(13)15)8(5-6)9(14)3-4-12/h1-2,5H,3-4H2. The molecule has 1 aromatic carbocycles. The normalized spacial score (nSPS) is 10.1. The molecule has 1 aromatic rings. The van der Waals surface area contributed by atoms with Crippen LogP contribution in [0, 0.1) is 0 Å². The third kappa shape index (κ3) is 3.30. The highest BCUT2D eigenvalue weighted by molar-refractivity contribution is 9.10.